The summed E-state index contributed by atoms with van der Waals surface area (Å²) in [6.07, 6.45) is 6.65. The number of sulfone groups is 1. The normalized spacial score (nSPS) is 18.4. The van der Waals surface area contributed by atoms with Gasteiger partial charge in [-0.1, -0.05) is 12.1 Å². The van der Waals surface area contributed by atoms with Crippen molar-refractivity contribution < 1.29 is 18.0 Å². The van der Waals surface area contributed by atoms with Crippen molar-refractivity contribution in [1.29, 1.82) is 0 Å². The van der Waals surface area contributed by atoms with Gasteiger partial charge in [-0.2, -0.15) is 0 Å². The lowest BCUT2D eigenvalue weighted by Crippen LogP contribution is -2.49. The van der Waals surface area contributed by atoms with Crippen LogP contribution in [0.2, 0.25) is 0 Å². The highest BCUT2D eigenvalue weighted by Gasteiger charge is 2.23. The maximum Gasteiger partial charge on any atom is 0.251 e. The summed E-state index contributed by atoms with van der Waals surface area (Å²) in [5, 5.41) is 2.95. The topological polar surface area (TPSA) is 86.8 Å². The summed E-state index contributed by atoms with van der Waals surface area (Å²) in [7, 11) is -2.96. The Kier molecular flexibility index (Phi) is 6.51. The molecule has 8 heteroatoms. The van der Waals surface area contributed by atoms with Crippen molar-refractivity contribution in [1.82, 2.24) is 15.1 Å². The molecule has 1 saturated carbocycles. The molecule has 1 aromatic rings. The van der Waals surface area contributed by atoms with Gasteiger partial charge >= 0.3 is 0 Å². The molecule has 0 spiro atoms. The Hall–Kier alpha value is -2.19. The molecule has 2 fully saturated rings. The van der Waals surface area contributed by atoms with Crippen LogP contribution in [0.1, 0.15) is 28.8 Å². The molecule has 0 radical (unpaired) electrons. The van der Waals surface area contributed by atoms with E-state index in [0.717, 1.165) is 18.4 Å². The quantitative estimate of drug-likeness (QED) is 0.678. The molecular weight excluding hydrogens is 378 g/mol. The molecule has 0 unspecified atom stereocenters. The molecule has 7 nitrogen and oxygen atoms in total. The number of carbonyl (C=O) groups is 2. The van der Waals surface area contributed by atoms with Crippen LogP contribution in [0.4, 0.5) is 0 Å². The highest BCUT2D eigenvalue weighted by molar-refractivity contribution is 7.90. The second-order valence-corrected chi connectivity index (χ2v) is 9.76. The molecule has 1 aliphatic heterocycles. The van der Waals surface area contributed by atoms with Crippen molar-refractivity contribution in [3.05, 3.63) is 41.5 Å². The zero-order valence-corrected chi connectivity index (χ0v) is 17.0. The van der Waals surface area contributed by atoms with E-state index in [9.17, 15) is 18.0 Å². The summed E-state index contributed by atoms with van der Waals surface area (Å²) in [6.45, 7) is 3.05. The summed E-state index contributed by atoms with van der Waals surface area (Å²) < 4.78 is 22.5. The lowest BCUT2D eigenvalue weighted by molar-refractivity contribution is -0.127. The number of carbonyl (C=O) groups excluding carboxylic acids is 2. The Bertz CT molecular complexity index is 837. The van der Waals surface area contributed by atoms with Gasteiger partial charge in [0, 0.05) is 56.7 Å². The fourth-order valence-corrected chi connectivity index (χ4v) is 3.59. The van der Waals surface area contributed by atoms with Gasteiger partial charge in [-0.25, -0.2) is 8.42 Å². The number of benzene rings is 1. The van der Waals surface area contributed by atoms with Crippen LogP contribution in [0.15, 0.2) is 30.3 Å². The monoisotopic (exact) mass is 405 g/mol. The SMILES string of the molecule is CS(=O)(=O)CCN1CCN(C(=O)/C=C/c2ccc(C(=O)NC3CC3)cc2)CC1. The van der Waals surface area contributed by atoms with E-state index >= 15 is 0 Å². The van der Waals surface area contributed by atoms with E-state index < -0.39 is 9.84 Å². The molecule has 1 saturated heterocycles. The number of amides is 2. The van der Waals surface area contributed by atoms with E-state index in [4.69, 9.17) is 0 Å². The Labute approximate surface area is 166 Å². The molecule has 2 amide bonds. The van der Waals surface area contributed by atoms with Crippen LogP contribution in [0.3, 0.4) is 0 Å². The van der Waals surface area contributed by atoms with E-state index in [0.29, 0.717) is 44.3 Å². The first-order chi connectivity index (χ1) is 13.3. The van der Waals surface area contributed by atoms with Crippen molar-refractivity contribution in [3.63, 3.8) is 0 Å². The van der Waals surface area contributed by atoms with Gasteiger partial charge in [-0.3, -0.25) is 14.5 Å². The van der Waals surface area contributed by atoms with Gasteiger partial charge in [-0.15, -0.1) is 0 Å². The highest BCUT2D eigenvalue weighted by atomic mass is 32.2. The average molecular weight is 406 g/mol. The average Bonchev–Trinajstić information content (AvgIpc) is 3.48. The molecule has 2 aliphatic rings. The van der Waals surface area contributed by atoms with Crippen molar-refractivity contribution >= 4 is 27.7 Å². The molecule has 3 rings (SSSR count). The molecule has 1 heterocycles. The Morgan fingerprint density at radius 1 is 1.11 bits per heavy atom. The summed E-state index contributed by atoms with van der Waals surface area (Å²) in [4.78, 5) is 28.2. The van der Waals surface area contributed by atoms with E-state index in [-0.39, 0.29) is 17.6 Å². The first-order valence-corrected chi connectivity index (χ1v) is 11.6. The third-order valence-electron chi connectivity index (χ3n) is 4.97. The van der Waals surface area contributed by atoms with Gasteiger partial charge in [0.25, 0.3) is 5.91 Å². The molecule has 152 valence electrons. The predicted octanol–water partition coefficient (Wildman–Crippen LogP) is 0.781. The van der Waals surface area contributed by atoms with Crippen LogP contribution >= 0.6 is 0 Å². The molecule has 0 atom stereocenters. The van der Waals surface area contributed by atoms with Crippen LogP contribution in [0, 0.1) is 0 Å². The third-order valence-corrected chi connectivity index (χ3v) is 5.89. The van der Waals surface area contributed by atoms with E-state index in [1.807, 2.05) is 12.1 Å². The number of nitrogens with zero attached hydrogens (tertiary/aromatic N) is 2. The lowest BCUT2D eigenvalue weighted by Gasteiger charge is -2.34. The van der Waals surface area contributed by atoms with E-state index in [2.05, 4.69) is 10.2 Å². The minimum absolute atomic E-state index is 0.0529. The second kappa shape index (κ2) is 8.87. The van der Waals surface area contributed by atoms with Crippen LogP contribution in [0.5, 0.6) is 0 Å². The third kappa shape index (κ3) is 6.45. The van der Waals surface area contributed by atoms with Crippen molar-refractivity contribution in [2.75, 3.05) is 44.7 Å². The lowest BCUT2D eigenvalue weighted by atomic mass is 10.1. The fourth-order valence-electron chi connectivity index (χ4n) is 3.00. The molecular formula is C20H27N3O4S. The molecule has 0 bridgehead atoms. The Balaban J connectivity index is 1.45. The number of nitrogens with one attached hydrogen (secondary N) is 1. The van der Waals surface area contributed by atoms with E-state index in [1.54, 1.807) is 29.2 Å². The summed E-state index contributed by atoms with van der Waals surface area (Å²) >= 11 is 0. The van der Waals surface area contributed by atoms with Gasteiger partial charge in [0.2, 0.25) is 5.91 Å². The fraction of sp³-hybridized carbons (Fsp3) is 0.500. The summed E-state index contributed by atoms with van der Waals surface area (Å²) in [5.74, 6) is 0.0383. The van der Waals surface area contributed by atoms with Gasteiger partial charge in [0.05, 0.1) is 5.75 Å². The highest BCUT2D eigenvalue weighted by Crippen LogP contribution is 2.19. The standard InChI is InChI=1S/C20H27N3O4S/c1-28(26,27)15-14-22-10-12-23(13-11-22)19(24)9-4-16-2-5-17(6-3-16)20(25)21-18-7-8-18/h2-6,9,18H,7-8,10-15H2,1H3,(H,21,25)/b9-4+. The van der Waals surface area contributed by atoms with Gasteiger partial charge in [-0.05, 0) is 36.6 Å². The molecule has 1 aliphatic carbocycles. The largest absolute Gasteiger partial charge is 0.349 e. The van der Waals surface area contributed by atoms with Gasteiger partial charge < -0.3 is 10.2 Å². The smallest absolute Gasteiger partial charge is 0.251 e. The summed E-state index contributed by atoms with van der Waals surface area (Å²) in [6, 6.07) is 7.52. The van der Waals surface area contributed by atoms with E-state index in [1.165, 1.54) is 6.26 Å². The Morgan fingerprint density at radius 3 is 2.32 bits per heavy atom. The maximum atomic E-state index is 12.4. The first kappa shape index (κ1) is 20.5. The van der Waals surface area contributed by atoms with Gasteiger partial charge in [0.1, 0.15) is 9.84 Å². The van der Waals surface area contributed by atoms with Crippen LogP contribution in [0.25, 0.3) is 6.08 Å². The van der Waals surface area contributed by atoms with Crippen LogP contribution in [-0.2, 0) is 14.6 Å². The van der Waals surface area contributed by atoms with Crippen molar-refractivity contribution in [3.8, 4) is 0 Å². The molecule has 1 N–H and O–H groups in total. The zero-order valence-electron chi connectivity index (χ0n) is 16.1. The van der Waals surface area contributed by atoms with Gasteiger partial charge in [0.15, 0.2) is 0 Å². The van der Waals surface area contributed by atoms with Crippen molar-refractivity contribution in [2.24, 2.45) is 0 Å². The maximum absolute atomic E-state index is 12.4. The van der Waals surface area contributed by atoms with Crippen LogP contribution in [-0.4, -0.2) is 80.8 Å². The first-order valence-electron chi connectivity index (χ1n) is 9.58. The predicted molar refractivity (Wildman–Crippen MR) is 109 cm³/mol. The number of rotatable bonds is 7. The molecule has 1 aromatic carbocycles. The minimum atomic E-state index is -2.96. The zero-order chi connectivity index (χ0) is 20.1. The molecule has 28 heavy (non-hydrogen) atoms. The number of hydrogen-bond donors (Lipinski definition) is 1. The van der Waals surface area contributed by atoms with Crippen molar-refractivity contribution in [2.45, 2.75) is 18.9 Å². The minimum Gasteiger partial charge on any atom is -0.349 e. The van der Waals surface area contributed by atoms with Crippen LogP contribution < -0.4 is 5.32 Å². The summed E-state index contributed by atoms with van der Waals surface area (Å²) in [5.41, 5.74) is 1.49. The number of piperazine rings is 1. The molecule has 0 aromatic heterocycles. The number of hydrogen-bond acceptors (Lipinski definition) is 5. The second-order valence-electron chi connectivity index (χ2n) is 7.50. The Morgan fingerprint density at radius 2 is 1.75 bits per heavy atom.